The Morgan fingerprint density at radius 1 is 1.30 bits per heavy atom. The first kappa shape index (κ1) is 14.5. The van der Waals surface area contributed by atoms with Crippen LogP contribution in [0.3, 0.4) is 0 Å². The van der Waals surface area contributed by atoms with E-state index in [2.05, 4.69) is 4.98 Å². The highest BCUT2D eigenvalue weighted by atomic mass is 32.1. The summed E-state index contributed by atoms with van der Waals surface area (Å²) < 4.78 is 1.55. The first-order valence-electron chi connectivity index (χ1n) is 6.43. The molecule has 2 aromatic heterocycles. The summed E-state index contributed by atoms with van der Waals surface area (Å²) in [5.74, 6) is -1.10. The fourth-order valence-electron chi connectivity index (χ4n) is 2.25. The maximum absolute atomic E-state index is 12.4. The van der Waals surface area contributed by atoms with E-state index in [1.54, 1.807) is 23.1 Å². The lowest BCUT2D eigenvalue weighted by atomic mass is 10.3. The molecule has 0 saturated carbocycles. The van der Waals surface area contributed by atoms with E-state index in [0.717, 1.165) is 0 Å². The van der Waals surface area contributed by atoms with Crippen molar-refractivity contribution < 1.29 is 14.7 Å². The molecule has 0 aliphatic rings. The minimum atomic E-state index is -1.03. The molecule has 0 spiro atoms. The van der Waals surface area contributed by atoms with Crippen molar-refractivity contribution in [2.75, 3.05) is 13.1 Å². The highest BCUT2D eigenvalue weighted by Crippen LogP contribution is 2.27. The summed E-state index contributed by atoms with van der Waals surface area (Å²) in [4.78, 5) is 30.8. The Labute approximate surface area is 120 Å². The maximum atomic E-state index is 12.4. The predicted octanol–water partition coefficient (Wildman–Crippen LogP) is 2.19. The van der Waals surface area contributed by atoms with E-state index in [0.29, 0.717) is 34.3 Å². The van der Waals surface area contributed by atoms with Crippen LogP contribution in [0, 0.1) is 13.8 Å². The molecular formula is C13H17N3O3S. The molecule has 7 heteroatoms. The van der Waals surface area contributed by atoms with Crippen LogP contribution in [0.5, 0.6) is 0 Å². The first-order valence-corrected chi connectivity index (χ1v) is 7.24. The fourth-order valence-corrected chi connectivity index (χ4v) is 3.39. The zero-order valence-electron chi connectivity index (χ0n) is 11.9. The molecule has 1 amide bonds. The molecule has 0 aliphatic heterocycles. The molecule has 0 saturated heterocycles. The summed E-state index contributed by atoms with van der Waals surface area (Å²) in [6.45, 7) is 8.51. The molecular weight excluding hydrogens is 278 g/mol. The Morgan fingerprint density at radius 3 is 2.40 bits per heavy atom. The van der Waals surface area contributed by atoms with Gasteiger partial charge in [-0.15, -0.1) is 0 Å². The molecule has 0 radical (unpaired) electrons. The van der Waals surface area contributed by atoms with Gasteiger partial charge in [0.15, 0.2) is 10.7 Å². The molecule has 0 fully saturated rings. The number of aryl methyl sites for hydroxylation is 2. The molecule has 0 aliphatic carbocycles. The van der Waals surface area contributed by atoms with Crippen LogP contribution in [0.15, 0.2) is 0 Å². The van der Waals surface area contributed by atoms with E-state index >= 15 is 0 Å². The minimum Gasteiger partial charge on any atom is -0.477 e. The van der Waals surface area contributed by atoms with Crippen molar-refractivity contribution in [2.45, 2.75) is 27.7 Å². The zero-order valence-corrected chi connectivity index (χ0v) is 12.7. The molecule has 2 rings (SSSR count). The van der Waals surface area contributed by atoms with E-state index in [1.165, 1.54) is 11.3 Å². The third-order valence-electron chi connectivity index (χ3n) is 3.33. The van der Waals surface area contributed by atoms with Gasteiger partial charge in [0.05, 0.1) is 5.69 Å². The highest BCUT2D eigenvalue weighted by Gasteiger charge is 2.25. The zero-order chi connectivity index (χ0) is 15.0. The summed E-state index contributed by atoms with van der Waals surface area (Å²) in [5.41, 5.74) is 1.24. The van der Waals surface area contributed by atoms with Crippen molar-refractivity contribution in [2.24, 2.45) is 0 Å². The summed E-state index contributed by atoms with van der Waals surface area (Å²) in [5, 5.41) is 9.27. The molecule has 20 heavy (non-hydrogen) atoms. The summed E-state index contributed by atoms with van der Waals surface area (Å²) >= 11 is 1.24. The van der Waals surface area contributed by atoms with Gasteiger partial charge < -0.3 is 10.0 Å². The number of imidazole rings is 1. The SMILES string of the molecule is CCN(CC)C(=O)c1sc2nc(C)c(C(=O)O)n2c1C. The number of hydrogen-bond donors (Lipinski definition) is 1. The Bertz CT molecular complexity index is 683. The molecule has 108 valence electrons. The van der Waals surface area contributed by atoms with Crippen molar-refractivity contribution in [3.8, 4) is 0 Å². The standard InChI is InChI=1S/C13H17N3O3S/c1-5-15(6-2)11(17)10-8(4)16-9(12(18)19)7(3)14-13(16)20-10/h5-6H2,1-4H3,(H,18,19). The average Bonchev–Trinajstić information content (AvgIpc) is 2.87. The lowest BCUT2D eigenvalue weighted by Gasteiger charge is -2.17. The molecule has 0 unspecified atom stereocenters. The maximum Gasteiger partial charge on any atom is 0.354 e. The van der Waals surface area contributed by atoms with Crippen LogP contribution in [0.2, 0.25) is 0 Å². The number of carboxylic acids is 1. The summed E-state index contributed by atoms with van der Waals surface area (Å²) in [7, 11) is 0. The number of carbonyl (C=O) groups excluding carboxylic acids is 1. The van der Waals surface area contributed by atoms with Gasteiger partial charge in [0.25, 0.3) is 5.91 Å². The Morgan fingerprint density at radius 2 is 1.90 bits per heavy atom. The number of carbonyl (C=O) groups is 2. The lowest BCUT2D eigenvalue weighted by Crippen LogP contribution is -2.30. The normalized spacial score (nSPS) is 11.0. The topological polar surface area (TPSA) is 74.9 Å². The van der Waals surface area contributed by atoms with Gasteiger partial charge in [0.2, 0.25) is 0 Å². The van der Waals surface area contributed by atoms with E-state index in [4.69, 9.17) is 0 Å². The molecule has 0 bridgehead atoms. The number of hydrogen-bond acceptors (Lipinski definition) is 4. The fraction of sp³-hybridized carbons (Fsp3) is 0.462. The number of aromatic nitrogens is 2. The van der Waals surface area contributed by atoms with Crippen molar-refractivity contribution >= 4 is 28.2 Å². The van der Waals surface area contributed by atoms with Gasteiger partial charge in [0.1, 0.15) is 4.88 Å². The Balaban J connectivity index is 2.61. The third kappa shape index (κ3) is 2.07. The van der Waals surface area contributed by atoms with Crippen LogP contribution < -0.4 is 0 Å². The molecule has 0 atom stereocenters. The smallest absolute Gasteiger partial charge is 0.354 e. The van der Waals surface area contributed by atoms with Gasteiger partial charge in [-0.1, -0.05) is 11.3 Å². The number of fused-ring (bicyclic) bond motifs is 1. The Hall–Kier alpha value is -1.89. The predicted molar refractivity (Wildman–Crippen MR) is 76.8 cm³/mol. The molecule has 2 aromatic rings. The number of carboxylic acid groups (broad SMARTS) is 1. The van der Waals surface area contributed by atoms with Crippen molar-refractivity contribution in [1.82, 2.24) is 14.3 Å². The minimum absolute atomic E-state index is 0.0722. The van der Waals surface area contributed by atoms with Gasteiger partial charge >= 0.3 is 5.97 Å². The molecule has 6 nitrogen and oxygen atoms in total. The van der Waals surface area contributed by atoms with Crippen LogP contribution in [-0.4, -0.2) is 44.4 Å². The number of thiazole rings is 1. The summed E-state index contributed by atoms with van der Waals surface area (Å²) in [6.07, 6.45) is 0. The number of nitrogens with zero attached hydrogens (tertiary/aromatic N) is 3. The van der Waals surface area contributed by atoms with Crippen molar-refractivity contribution in [3.05, 3.63) is 22.0 Å². The second-order valence-electron chi connectivity index (χ2n) is 4.46. The van der Waals surface area contributed by atoms with Gasteiger partial charge in [0, 0.05) is 18.8 Å². The van der Waals surface area contributed by atoms with E-state index < -0.39 is 5.97 Å². The number of rotatable bonds is 4. The van der Waals surface area contributed by atoms with E-state index in [1.807, 2.05) is 13.8 Å². The van der Waals surface area contributed by atoms with Crippen molar-refractivity contribution in [3.63, 3.8) is 0 Å². The monoisotopic (exact) mass is 295 g/mol. The van der Waals surface area contributed by atoms with E-state index in [-0.39, 0.29) is 11.6 Å². The second-order valence-corrected chi connectivity index (χ2v) is 5.44. The molecule has 1 N–H and O–H groups in total. The average molecular weight is 295 g/mol. The van der Waals surface area contributed by atoms with Gasteiger partial charge in [-0.25, -0.2) is 9.78 Å². The van der Waals surface area contributed by atoms with Crippen LogP contribution in [0.1, 0.15) is 45.4 Å². The van der Waals surface area contributed by atoms with Crippen LogP contribution >= 0.6 is 11.3 Å². The van der Waals surface area contributed by atoms with Crippen molar-refractivity contribution in [1.29, 1.82) is 0 Å². The number of amides is 1. The molecule has 2 heterocycles. The highest BCUT2D eigenvalue weighted by molar-refractivity contribution is 7.19. The van der Waals surface area contributed by atoms with Gasteiger partial charge in [-0.2, -0.15) is 0 Å². The Kier molecular flexibility index (Phi) is 3.80. The first-order chi connectivity index (χ1) is 9.42. The molecule has 0 aromatic carbocycles. The second kappa shape index (κ2) is 5.24. The van der Waals surface area contributed by atoms with Gasteiger partial charge in [-0.3, -0.25) is 9.20 Å². The quantitative estimate of drug-likeness (QED) is 0.938. The third-order valence-corrected chi connectivity index (χ3v) is 4.46. The van der Waals surface area contributed by atoms with Gasteiger partial charge in [-0.05, 0) is 27.7 Å². The van der Waals surface area contributed by atoms with E-state index in [9.17, 15) is 14.7 Å². The lowest BCUT2D eigenvalue weighted by molar-refractivity contribution is 0.0686. The van der Waals surface area contributed by atoms with Crippen LogP contribution in [0.4, 0.5) is 0 Å². The van der Waals surface area contributed by atoms with Crippen LogP contribution in [-0.2, 0) is 0 Å². The van der Waals surface area contributed by atoms with Crippen LogP contribution in [0.25, 0.3) is 4.96 Å². The summed E-state index contributed by atoms with van der Waals surface area (Å²) in [6, 6.07) is 0. The largest absolute Gasteiger partial charge is 0.477 e. The number of aromatic carboxylic acids is 1.